The van der Waals surface area contributed by atoms with Gasteiger partial charge in [0.1, 0.15) is 0 Å². The van der Waals surface area contributed by atoms with Crippen LogP contribution in [0.1, 0.15) is 6.42 Å². The highest BCUT2D eigenvalue weighted by Crippen LogP contribution is 2.24. The van der Waals surface area contributed by atoms with Gasteiger partial charge in [-0.1, -0.05) is 11.6 Å². The maximum atomic E-state index is 11.7. The van der Waals surface area contributed by atoms with Crippen LogP contribution in [0.25, 0.3) is 0 Å². The van der Waals surface area contributed by atoms with Gasteiger partial charge < -0.3 is 15.8 Å². The number of hydrogen-bond donors (Lipinski definition) is 2. The summed E-state index contributed by atoms with van der Waals surface area (Å²) in [6.45, 7) is 0.119. The Bertz CT molecular complexity index is 575. The number of methoxy groups -OCH3 is 1. The average Bonchev–Trinajstić information content (AvgIpc) is 2.38. The summed E-state index contributed by atoms with van der Waals surface area (Å²) in [4.78, 5) is 11.7. The van der Waals surface area contributed by atoms with Gasteiger partial charge in [0, 0.05) is 19.2 Å². The number of carbonyl (C=O) groups excluding carboxylic acids is 1. The number of carbonyl (C=O) groups is 1. The first kappa shape index (κ1) is 16.7. The molecular formula is C12H17ClN2O4S. The van der Waals surface area contributed by atoms with Crippen LogP contribution in [-0.2, 0) is 19.4 Å². The lowest BCUT2D eigenvalue weighted by Gasteiger charge is -2.08. The van der Waals surface area contributed by atoms with E-state index in [0.717, 1.165) is 0 Å². The van der Waals surface area contributed by atoms with Crippen molar-refractivity contribution < 1.29 is 17.9 Å². The number of anilines is 2. The van der Waals surface area contributed by atoms with Crippen LogP contribution in [0.3, 0.4) is 0 Å². The van der Waals surface area contributed by atoms with Gasteiger partial charge in [-0.25, -0.2) is 8.42 Å². The molecule has 0 aliphatic rings. The highest BCUT2D eigenvalue weighted by Gasteiger charge is 2.14. The summed E-state index contributed by atoms with van der Waals surface area (Å²) in [6, 6.07) is 4.66. The second kappa shape index (κ2) is 7.47. The van der Waals surface area contributed by atoms with Crippen LogP contribution in [-0.4, -0.2) is 39.5 Å². The predicted octanol–water partition coefficient (Wildman–Crippen LogP) is 1.31. The topological polar surface area (TPSA) is 98.5 Å². The zero-order chi connectivity index (χ0) is 15.2. The minimum Gasteiger partial charge on any atom is -0.399 e. The fourth-order valence-corrected chi connectivity index (χ4v) is 2.76. The second-order valence-electron chi connectivity index (χ2n) is 4.18. The average molecular weight is 321 g/mol. The van der Waals surface area contributed by atoms with E-state index >= 15 is 0 Å². The summed E-state index contributed by atoms with van der Waals surface area (Å²) < 4.78 is 27.8. The van der Waals surface area contributed by atoms with Crippen molar-refractivity contribution in [2.24, 2.45) is 0 Å². The summed E-state index contributed by atoms with van der Waals surface area (Å²) in [6.07, 6.45) is -0.132. The van der Waals surface area contributed by atoms with Gasteiger partial charge in [-0.2, -0.15) is 0 Å². The molecule has 0 spiro atoms. The molecule has 0 aliphatic heterocycles. The number of nitrogens with two attached hydrogens (primary N) is 1. The molecule has 1 amide bonds. The quantitative estimate of drug-likeness (QED) is 0.738. The van der Waals surface area contributed by atoms with Crippen molar-refractivity contribution in [3.8, 4) is 0 Å². The van der Waals surface area contributed by atoms with E-state index in [2.05, 4.69) is 5.32 Å². The zero-order valence-electron chi connectivity index (χ0n) is 11.1. The number of benzene rings is 1. The SMILES string of the molecule is COCCS(=O)(=O)CCC(=O)Nc1ccc(N)cc1Cl. The molecule has 1 aromatic carbocycles. The zero-order valence-corrected chi connectivity index (χ0v) is 12.6. The largest absolute Gasteiger partial charge is 0.399 e. The second-order valence-corrected chi connectivity index (χ2v) is 6.89. The highest BCUT2D eigenvalue weighted by atomic mass is 35.5. The van der Waals surface area contributed by atoms with Crippen molar-refractivity contribution in [3.63, 3.8) is 0 Å². The highest BCUT2D eigenvalue weighted by molar-refractivity contribution is 7.91. The molecule has 3 N–H and O–H groups in total. The van der Waals surface area contributed by atoms with Gasteiger partial charge in [0.05, 0.1) is 28.8 Å². The lowest BCUT2D eigenvalue weighted by atomic mass is 10.3. The molecule has 1 rings (SSSR count). The number of halogens is 1. The van der Waals surface area contributed by atoms with Crippen LogP contribution in [0.4, 0.5) is 11.4 Å². The lowest BCUT2D eigenvalue weighted by molar-refractivity contribution is -0.115. The minimum atomic E-state index is -3.29. The van der Waals surface area contributed by atoms with E-state index in [1.807, 2.05) is 0 Å². The van der Waals surface area contributed by atoms with Gasteiger partial charge >= 0.3 is 0 Å². The standard InChI is InChI=1S/C12H17ClN2O4S/c1-19-5-7-20(17,18)6-4-12(16)15-11-3-2-9(14)8-10(11)13/h2-3,8H,4-7,14H2,1H3,(H,15,16). The molecule has 1 aromatic rings. The Morgan fingerprint density at radius 3 is 2.70 bits per heavy atom. The van der Waals surface area contributed by atoms with Crippen LogP contribution in [0.15, 0.2) is 18.2 Å². The fraction of sp³-hybridized carbons (Fsp3) is 0.417. The Morgan fingerprint density at radius 1 is 1.40 bits per heavy atom. The molecule has 8 heteroatoms. The Labute approximate surface area is 123 Å². The van der Waals surface area contributed by atoms with Crippen LogP contribution < -0.4 is 11.1 Å². The Morgan fingerprint density at radius 2 is 2.10 bits per heavy atom. The van der Waals surface area contributed by atoms with Gasteiger partial charge in [0.15, 0.2) is 9.84 Å². The fourth-order valence-electron chi connectivity index (χ4n) is 1.41. The minimum absolute atomic E-state index is 0.0978. The van der Waals surface area contributed by atoms with Crippen molar-refractivity contribution in [1.29, 1.82) is 0 Å². The van der Waals surface area contributed by atoms with Gasteiger partial charge in [-0.05, 0) is 18.2 Å². The van der Waals surface area contributed by atoms with E-state index in [-0.39, 0.29) is 24.5 Å². The predicted molar refractivity (Wildman–Crippen MR) is 79.6 cm³/mol. The molecule has 112 valence electrons. The normalized spacial score (nSPS) is 11.3. The molecule has 0 unspecified atom stereocenters. The number of sulfone groups is 1. The van der Waals surface area contributed by atoms with Crippen molar-refractivity contribution in [3.05, 3.63) is 23.2 Å². The molecular weight excluding hydrogens is 304 g/mol. The molecule has 0 saturated heterocycles. The van der Waals surface area contributed by atoms with E-state index in [9.17, 15) is 13.2 Å². The van der Waals surface area contributed by atoms with Crippen LogP contribution in [0.2, 0.25) is 5.02 Å². The van der Waals surface area contributed by atoms with Crippen LogP contribution >= 0.6 is 11.6 Å². The van der Waals surface area contributed by atoms with E-state index in [1.54, 1.807) is 12.1 Å². The monoisotopic (exact) mass is 320 g/mol. The summed E-state index contributed by atoms with van der Waals surface area (Å²) >= 11 is 5.90. The van der Waals surface area contributed by atoms with Crippen LogP contribution in [0.5, 0.6) is 0 Å². The first-order chi connectivity index (χ1) is 9.34. The Hall–Kier alpha value is -1.31. The molecule has 0 saturated carbocycles. The van der Waals surface area contributed by atoms with Crippen molar-refractivity contribution in [2.45, 2.75) is 6.42 Å². The molecule has 0 heterocycles. The number of nitrogen functional groups attached to an aromatic ring is 1. The van der Waals surface area contributed by atoms with Gasteiger partial charge in [0.25, 0.3) is 0 Å². The third-order valence-corrected chi connectivity index (χ3v) is 4.43. The van der Waals surface area contributed by atoms with Gasteiger partial charge in [0.2, 0.25) is 5.91 Å². The number of rotatable bonds is 7. The molecule has 0 aromatic heterocycles. The Balaban J connectivity index is 2.52. The number of hydrogen-bond acceptors (Lipinski definition) is 5. The Kier molecular flexibility index (Phi) is 6.25. The van der Waals surface area contributed by atoms with Gasteiger partial charge in [-0.15, -0.1) is 0 Å². The molecule has 0 radical (unpaired) electrons. The maximum Gasteiger partial charge on any atom is 0.225 e. The molecule has 6 nitrogen and oxygen atoms in total. The van der Waals surface area contributed by atoms with E-state index in [0.29, 0.717) is 16.4 Å². The molecule has 0 bridgehead atoms. The number of nitrogens with one attached hydrogen (secondary N) is 1. The molecule has 20 heavy (non-hydrogen) atoms. The number of ether oxygens (including phenoxy) is 1. The summed E-state index contributed by atoms with van der Waals surface area (Å²) in [5, 5.41) is 2.85. The summed E-state index contributed by atoms with van der Waals surface area (Å²) in [5.41, 5.74) is 6.42. The van der Waals surface area contributed by atoms with Crippen molar-refractivity contribution in [2.75, 3.05) is 36.3 Å². The van der Waals surface area contributed by atoms with E-state index in [4.69, 9.17) is 22.1 Å². The van der Waals surface area contributed by atoms with Gasteiger partial charge in [-0.3, -0.25) is 4.79 Å². The molecule has 0 aliphatic carbocycles. The summed E-state index contributed by atoms with van der Waals surface area (Å²) in [5.74, 6) is -0.744. The smallest absolute Gasteiger partial charge is 0.225 e. The molecule has 0 atom stereocenters. The third-order valence-electron chi connectivity index (χ3n) is 2.51. The first-order valence-electron chi connectivity index (χ1n) is 5.88. The van der Waals surface area contributed by atoms with Crippen molar-refractivity contribution in [1.82, 2.24) is 0 Å². The van der Waals surface area contributed by atoms with Crippen LogP contribution in [0, 0.1) is 0 Å². The number of amides is 1. The maximum absolute atomic E-state index is 11.7. The molecule has 0 fully saturated rings. The van der Waals surface area contributed by atoms with Crippen molar-refractivity contribution >= 4 is 38.7 Å². The van der Waals surface area contributed by atoms with E-state index in [1.165, 1.54) is 13.2 Å². The third kappa shape index (κ3) is 5.77. The first-order valence-corrected chi connectivity index (χ1v) is 8.08. The lowest BCUT2D eigenvalue weighted by Crippen LogP contribution is -2.20. The van der Waals surface area contributed by atoms with E-state index < -0.39 is 15.7 Å². The summed E-state index contributed by atoms with van der Waals surface area (Å²) in [7, 11) is -1.86.